The Bertz CT molecular complexity index is 1080. The van der Waals surface area contributed by atoms with Crippen molar-refractivity contribution in [2.75, 3.05) is 31.7 Å². The first-order chi connectivity index (χ1) is 16.8. The molecule has 0 saturated heterocycles. The van der Waals surface area contributed by atoms with Crippen LogP contribution in [-0.2, 0) is 9.59 Å². The summed E-state index contributed by atoms with van der Waals surface area (Å²) in [7, 11) is 0. The fourth-order valence-electron chi connectivity index (χ4n) is 2.99. The minimum absolute atomic E-state index is 0.154. The Labute approximate surface area is 214 Å². The van der Waals surface area contributed by atoms with Crippen molar-refractivity contribution in [1.29, 1.82) is 0 Å². The van der Waals surface area contributed by atoms with Gasteiger partial charge in [-0.05, 0) is 52.8 Å². The van der Waals surface area contributed by atoms with Crippen LogP contribution in [0, 0.1) is 0 Å². The molecule has 0 spiro atoms. The van der Waals surface area contributed by atoms with Crippen molar-refractivity contribution in [3.8, 4) is 23.0 Å². The molecule has 2 aromatic rings. The van der Waals surface area contributed by atoms with Gasteiger partial charge in [-0.1, -0.05) is 23.2 Å². The summed E-state index contributed by atoms with van der Waals surface area (Å²) >= 11 is 12.7. The van der Waals surface area contributed by atoms with E-state index in [1.807, 2.05) is 20.8 Å². The topological polar surface area (TPSA) is 108 Å². The van der Waals surface area contributed by atoms with Gasteiger partial charge >= 0.3 is 0 Å². The molecule has 1 unspecified atom stereocenters. The molecule has 0 bridgehead atoms. The maximum atomic E-state index is 12.9. The van der Waals surface area contributed by atoms with Gasteiger partial charge in [-0.25, -0.2) is 0 Å². The average Bonchev–Trinajstić information content (AvgIpc) is 2.80. The Balaban J connectivity index is 2.37. The largest absolute Gasteiger partial charge is 0.492 e. The predicted octanol–water partition coefficient (Wildman–Crippen LogP) is 6.27. The minimum atomic E-state index is -1.45. The summed E-state index contributed by atoms with van der Waals surface area (Å²) in [6.45, 7) is 9.96. The van der Waals surface area contributed by atoms with Crippen LogP contribution in [0.1, 0.15) is 34.6 Å². The van der Waals surface area contributed by atoms with Crippen molar-refractivity contribution < 1.29 is 28.5 Å². The van der Waals surface area contributed by atoms with Gasteiger partial charge in [0.2, 0.25) is 6.04 Å². The number of nitrogens with one attached hydrogen (secondary N) is 1. The van der Waals surface area contributed by atoms with Crippen LogP contribution in [0.5, 0.6) is 23.0 Å². The maximum absolute atomic E-state index is 12.9. The molecule has 0 radical (unpaired) electrons. The Morgan fingerprint density at radius 3 is 2.06 bits per heavy atom. The van der Waals surface area contributed by atoms with Gasteiger partial charge in [0.25, 0.3) is 5.91 Å². The third-order valence-corrected chi connectivity index (χ3v) is 5.06. The summed E-state index contributed by atoms with van der Waals surface area (Å²) in [4.78, 5) is 25.2. The van der Waals surface area contributed by atoms with Crippen LogP contribution in [0.3, 0.4) is 0 Å². The standard InChI is InChI=1S/C24H29Cl2N3O6/c1-6-32-17-10-11-18(33-7-2)22(20(17)26)29-28-21(14(5)30)24(31)27-15-12-16(25)23(35-9-4)19(13-15)34-8-3/h10-13,21H,6-9H2,1-5H3,(H,27,31). The van der Waals surface area contributed by atoms with Crippen molar-refractivity contribution in [2.45, 2.75) is 40.7 Å². The Morgan fingerprint density at radius 1 is 0.886 bits per heavy atom. The molecule has 190 valence electrons. The monoisotopic (exact) mass is 525 g/mol. The molecule has 1 amide bonds. The summed E-state index contributed by atoms with van der Waals surface area (Å²) in [5, 5.41) is 11.1. The molecule has 0 fully saturated rings. The van der Waals surface area contributed by atoms with Crippen molar-refractivity contribution in [2.24, 2.45) is 10.2 Å². The second kappa shape index (κ2) is 13.7. The van der Waals surface area contributed by atoms with E-state index in [-0.39, 0.29) is 15.7 Å². The number of rotatable bonds is 13. The highest BCUT2D eigenvalue weighted by atomic mass is 35.5. The normalized spacial score (nSPS) is 11.7. The van der Waals surface area contributed by atoms with E-state index in [0.29, 0.717) is 55.1 Å². The quantitative estimate of drug-likeness (QED) is 0.244. The van der Waals surface area contributed by atoms with E-state index in [9.17, 15) is 9.59 Å². The zero-order valence-corrected chi connectivity index (χ0v) is 21.8. The molecule has 11 heteroatoms. The van der Waals surface area contributed by atoms with E-state index in [0.717, 1.165) is 0 Å². The molecule has 2 rings (SSSR count). The third-order valence-electron chi connectivity index (χ3n) is 4.42. The molecule has 0 heterocycles. The van der Waals surface area contributed by atoms with Crippen molar-refractivity contribution in [3.63, 3.8) is 0 Å². The van der Waals surface area contributed by atoms with Crippen LogP contribution < -0.4 is 24.3 Å². The number of carbonyl (C=O) groups is 2. The van der Waals surface area contributed by atoms with Crippen LogP contribution in [0.2, 0.25) is 10.0 Å². The lowest BCUT2D eigenvalue weighted by Crippen LogP contribution is -2.31. The highest BCUT2D eigenvalue weighted by Gasteiger charge is 2.25. The number of benzene rings is 2. The van der Waals surface area contributed by atoms with E-state index >= 15 is 0 Å². The summed E-state index contributed by atoms with van der Waals surface area (Å²) in [6, 6.07) is 4.89. The third kappa shape index (κ3) is 7.47. The first kappa shape index (κ1) is 28.2. The van der Waals surface area contributed by atoms with Crippen LogP contribution in [0.4, 0.5) is 11.4 Å². The lowest BCUT2D eigenvalue weighted by molar-refractivity contribution is -0.126. The smallest absolute Gasteiger partial charge is 0.258 e. The highest BCUT2D eigenvalue weighted by molar-refractivity contribution is 6.35. The number of anilines is 1. The number of Topliss-reactive ketones (excluding diaryl/α,β-unsaturated/α-hetero) is 1. The van der Waals surface area contributed by atoms with Gasteiger partial charge in [0.15, 0.2) is 17.3 Å². The molecule has 0 aliphatic heterocycles. The number of hydrogen-bond acceptors (Lipinski definition) is 8. The lowest BCUT2D eigenvalue weighted by Gasteiger charge is -2.16. The van der Waals surface area contributed by atoms with Gasteiger partial charge in [0.05, 0.1) is 31.5 Å². The zero-order valence-electron chi connectivity index (χ0n) is 20.3. The fourth-order valence-corrected chi connectivity index (χ4v) is 3.51. The predicted molar refractivity (Wildman–Crippen MR) is 135 cm³/mol. The van der Waals surface area contributed by atoms with Crippen molar-refractivity contribution in [1.82, 2.24) is 0 Å². The van der Waals surface area contributed by atoms with E-state index in [1.54, 1.807) is 25.1 Å². The Kier molecular flexibility index (Phi) is 11.1. The summed E-state index contributed by atoms with van der Waals surface area (Å²) < 4.78 is 22.2. The Morgan fingerprint density at radius 2 is 1.46 bits per heavy atom. The van der Waals surface area contributed by atoms with Gasteiger partial charge in [0.1, 0.15) is 22.2 Å². The van der Waals surface area contributed by atoms with Crippen molar-refractivity contribution in [3.05, 3.63) is 34.3 Å². The van der Waals surface area contributed by atoms with Gasteiger partial charge in [0, 0.05) is 11.8 Å². The number of carbonyl (C=O) groups excluding carboxylic acids is 2. The number of amides is 1. The zero-order chi connectivity index (χ0) is 26.0. The lowest BCUT2D eigenvalue weighted by atomic mass is 10.2. The van der Waals surface area contributed by atoms with Gasteiger partial charge in [-0.15, -0.1) is 5.11 Å². The average molecular weight is 526 g/mol. The summed E-state index contributed by atoms with van der Waals surface area (Å²) in [6.07, 6.45) is 0. The van der Waals surface area contributed by atoms with E-state index in [4.69, 9.17) is 42.1 Å². The number of hydrogen-bond donors (Lipinski definition) is 1. The number of ether oxygens (including phenoxy) is 4. The van der Waals surface area contributed by atoms with E-state index in [1.165, 1.54) is 13.0 Å². The summed E-state index contributed by atoms with van der Waals surface area (Å²) in [5.41, 5.74) is 0.459. The highest BCUT2D eigenvalue weighted by Crippen LogP contribution is 2.42. The van der Waals surface area contributed by atoms with Crippen LogP contribution >= 0.6 is 23.2 Å². The molecule has 0 aromatic heterocycles. The molecule has 0 saturated carbocycles. The first-order valence-corrected chi connectivity index (χ1v) is 11.9. The van der Waals surface area contributed by atoms with Gasteiger partial charge in [-0.2, -0.15) is 5.11 Å². The molecule has 0 aliphatic rings. The van der Waals surface area contributed by atoms with Crippen molar-refractivity contribution >= 4 is 46.3 Å². The van der Waals surface area contributed by atoms with E-state index < -0.39 is 17.7 Å². The molecular weight excluding hydrogens is 497 g/mol. The van der Waals surface area contributed by atoms with Crippen LogP contribution in [0.15, 0.2) is 34.5 Å². The summed E-state index contributed by atoms with van der Waals surface area (Å²) in [5.74, 6) is 0.209. The second-order valence-electron chi connectivity index (χ2n) is 6.96. The maximum Gasteiger partial charge on any atom is 0.258 e. The molecular formula is C24H29Cl2N3O6. The second-order valence-corrected chi connectivity index (χ2v) is 7.74. The van der Waals surface area contributed by atoms with Crippen LogP contribution in [0.25, 0.3) is 0 Å². The number of azo groups is 1. The SMILES string of the molecule is CCOc1ccc(OCC)c(N=NC(C(C)=O)C(=O)Nc2cc(Cl)c(OCC)c(OCC)c2)c1Cl. The Hall–Kier alpha value is -3.04. The number of halogens is 2. The van der Waals surface area contributed by atoms with Gasteiger partial charge in [-0.3, -0.25) is 9.59 Å². The molecule has 1 atom stereocenters. The van der Waals surface area contributed by atoms with E-state index in [2.05, 4.69) is 15.5 Å². The minimum Gasteiger partial charge on any atom is -0.492 e. The number of nitrogens with zero attached hydrogens (tertiary/aromatic N) is 2. The molecule has 9 nitrogen and oxygen atoms in total. The molecule has 35 heavy (non-hydrogen) atoms. The molecule has 0 aliphatic carbocycles. The van der Waals surface area contributed by atoms with Gasteiger partial charge < -0.3 is 24.3 Å². The number of ketones is 1. The first-order valence-electron chi connectivity index (χ1n) is 11.2. The molecule has 1 N–H and O–H groups in total. The fraction of sp³-hybridized carbons (Fsp3) is 0.417. The van der Waals surface area contributed by atoms with Crippen LogP contribution in [-0.4, -0.2) is 44.2 Å². The molecule has 2 aromatic carbocycles.